The van der Waals surface area contributed by atoms with Crippen LogP contribution in [0.15, 0.2) is 30.3 Å². The molecule has 110 valence electrons. The highest BCUT2D eigenvalue weighted by atomic mass is 16.5. The smallest absolute Gasteiger partial charge is 0.354 e. The SMILES string of the molecule is CN1CCC(Oc2cc(C(=O)O)nc3ccccc23)CC1. The van der Waals surface area contributed by atoms with Gasteiger partial charge >= 0.3 is 5.97 Å². The van der Waals surface area contributed by atoms with Gasteiger partial charge in [0.25, 0.3) is 0 Å². The summed E-state index contributed by atoms with van der Waals surface area (Å²) in [5.41, 5.74) is 0.678. The van der Waals surface area contributed by atoms with Gasteiger partial charge in [0, 0.05) is 24.5 Å². The third-order valence-electron chi connectivity index (χ3n) is 3.86. The molecule has 0 radical (unpaired) electrons. The molecule has 1 aromatic carbocycles. The minimum atomic E-state index is -1.03. The summed E-state index contributed by atoms with van der Waals surface area (Å²) in [4.78, 5) is 17.6. The third kappa shape index (κ3) is 2.97. The molecule has 5 nitrogen and oxygen atoms in total. The van der Waals surface area contributed by atoms with E-state index in [1.165, 1.54) is 6.07 Å². The van der Waals surface area contributed by atoms with Gasteiger partial charge in [-0.3, -0.25) is 0 Å². The van der Waals surface area contributed by atoms with E-state index in [1.807, 2.05) is 24.3 Å². The van der Waals surface area contributed by atoms with E-state index in [0.717, 1.165) is 31.3 Å². The Labute approximate surface area is 123 Å². The van der Waals surface area contributed by atoms with Crippen molar-refractivity contribution in [1.82, 2.24) is 9.88 Å². The van der Waals surface area contributed by atoms with E-state index in [0.29, 0.717) is 11.3 Å². The number of likely N-dealkylation sites (tertiary alicyclic amines) is 1. The Morgan fingerprint density at radius 2 is 2.05 bits per heavy atom. The Kier molecular flexibility index (Phi) is 3.75. The van der Waals surface area contributed by atoms with Crippen LogP contribution in [0.4, 0.5) is 0 Å². The highest BCUT2D eigenvalue weighted by molar-refractivity contribution is 5.93. The molecule has 0 bridgehead atoms. The summed E-state index contributed by atoms with van der Waals surface area (Å²) < 4.78 is 6.08. The molecule has 1 aromatic heterocycles. The molecule has 1 aliphatic rings. The Morgan fingerprint density at radius 3 is 2.76 bits per heavy atom. The molecule has 5 heteroatoms. The zero-order chi connectivity index (χ0) is 14.8. The average Bonchev–Trinajstić information content (AvgIpc) is 2.49. The molecule has 1 fully saturated rings. The lowest BCUT2D eigenvalue weighted by atomic mass is 10.1. The number of piperidine rings is 1. The molecule has 0 atom stereocenters. The van der Waals surface area contributed by atoms with Crippen molar-refractivity contribution in [2.75, 3.05) is 20.1 Å². The van der Waals surface area contributed by atoms with Gasteiger partial charge < -0.3 is 14.7 Å². The number of benzene rings is 1. The Hall–Kier alpha value is -2.14. The van der Waals surface area contributed by atoms with Crippen molar-refractivity contribution in [3.8, 4) is 5.75 Å². The van der Waals surface area contributed by atoms with Gasteiger partial charge in [0.1, 0.15) is 11.9 Å². The third-order valence-corrected chi connectivity index (χ3v) is 3.86. The second kappa shape index (κ2) is 5.69. The molecular weight excluding hydrogens is 268 g/mol. The fourth-order valence-corrected chi connectivity index (χ4v) is 2.63. The van der Waals surface area contributed by atoms with Crippen LogP contribution in [0.1, 0.15) is 23.3 Å². The average molecular weight is 286 g/mol. The van der Waals surface area contributed by atoms with Gasteiger partial charge in [0.2, 0.25) is 0 Å². The number of aromatic nitrogens is 1. The fraction of sp³-hybridized carbons (Fsp3) is 0.375. The molecule has 1 aliphatic heterocycles. The summed E-state index contributed by atoms with van der Waals surface area (Å²) in [5.74, 6) is -0.415. The van der Waals surface area contributed by atoms with Crippen molar-refractivity contribution in [2.45, 2.75) is 18.9 Å². The number of fused-ring (bicyclic) bond motifs is 1. The summed E-state index contributed by atoms with van der Waals surface area (Å²) in [6.07, 6.45) is 2.04. The highest BCUT2D eigenvalue weighted by Crippen LogP contribution is 2.28. The molecule has 0 unspecified atom stereocenters. The molecule has 2 aromatic rings. The van der Waals surface area contributed by atoms with E-state index in [4.69, 9.17) is 4.74 Å². The van der Waals surface area contributed by atoms with Gasteiger partial charge in [-0.25, -0.2) is 9.78 Å². The van der Waals surface area contributed by atoms with Crippen molar-refractivity contribution in [2.24, 2.45) is 0 Å². The Balaban J connectivity index is 1.94. The zero-order valence-corrected chi connectivity index (χ0v) is 12.0. The highest BCUT2D eigenvalue weighted by Gasteiger charge is 2.20. The molecule has 0 amide bonds. The normalized spacial score (nSPS) is 17.0. The largest absolute Gasteiger partial charge is 0.490 e. The van der Waals surface area contributed by atoms with Crippen molar-refractivity contribution < 1.29 is 14.6 Å². The van der Waals surface area contributed by atoms with E-state index in [-0.39, 0.29) is 11.8 Å². The molecule has 21 heavy (non-hydrogen) atoms. The maximum absolute atomic E-state index is 11.2. The maximum Gasteiger partial charge on any atom is 0.354 e. The predicted octanol–water partition coefficient (Wildman–Crippen LogP) is 2.41. The molecular formula is C16H18N2O3. The quantitative estimate of drug-likeness (QED) is 0.938. The van der Waals surface area contributed by atoms with Gasteiger partial charge in [0.15, 0.2) is 5.69 Å². The molecule has 1 saturated heterocycles. The van der Waals surface area contributed by atoms with Crippen LogP contribution in [-0.4, -0.2) is 47.2 Å². The first kappa shape index (κ1) is 13.8. The van der Waals surface area contributed by atoms with Crippen molar-refractivity contribution in [3.63, 3.8) is 0 Å². The molecule has 1 N–H and O–H groups in total. The van der Waals surface area contributed by atoms with Gasteiger partial charge in [-0.2, -0.15) is 0 Å². The number of rotatable bonds is 3. The minimum absolute atomic E-state index is 0.0247. The summed E-state index contributed by atoms with van der Waals surface area (Å²) in [6, 6.07) is 9.01. The Morgan fingerprint density at radius 1 is 1.33 bits per heavy atom. The lowest BCUT2D eigenvalue weighted by Crippen LogP contribution is -2.35. The monoisotopic (exact) mass is 286 g/mol. The molecule has 3 rings (SSSR count). The predicted molar refractivity (Wildman–Crippen MR) is 79.8 cm³/mol. The molecule has 0 spiro atoms. The van der Waals surface area contributed by atoms with Gasteiger partial charge in [0.05, 0.1) is 5.52 Å². The summed E-state index contributed by atoms with van der Waals surface area (Å²) in [5, 5.41) is 10.0. The lowest BCUT2D eigenvalue weighted by Gasteiger charge is -2.29. The van der Waals surface area contributed by atoms with Gasteiger partial charge in [-0.15, -0.1) is 0 Å². The van der Waals surface area contributed by atoms with Crippen LogP contribution in [0, 0.1) is 0 Å². The minimum Gasteiger partial charge on any atom is -0.490 e. The topological polar surface area (TPSA) is 62.7 Å². The van der Waals surface area contributed by atoms with Crippen molar-refractivity contribution in [1.29, 1.82) is 0 Å². The number of aromatic carboxylic acids is 1. The number of nitrogens with zero attached hydrogens (tertiary/aromatic N) is 2. The zero-order valence-electron chi connectivity index (χ0n) is 12.0. The van der Waals surface area contributed by atoms with Crippen LogP contribution < -0.4 is 4.74 Å². The fourth-order valence-electron chi connectivity index (χ4n) is 2.63. The first-order valence-electron chi connectivity index (χ1n) is 7.12. The standard InChI is InChI=1S/C16H18N2O3/c1-18-8-6-11(7-9-18)21-15-10-14(16(19)20)17-13-5-3-2-4-12(13)15/h2-5,10-11H,6-9H2,1H3,(H,19,20). The molecule has 0 saturated carbocycles. The maximum atomic E-state index is 11.2. The number of ether oxygens (including phenoxy) is 1. The number of hydrogen-bond donors (Lipinski definition) is 1. The van der Waals surface area contributed by atoms with Crippen LogP contribution >= 0.6 is 0 Å². The second-order valence-corrected chi connectivity index (χ2v) is 5.45. The van der Waals surface area contributed by atoms with E-state index in [2.05, 4.69) is 16.9 Å². The molecule has 2 heterocycles. The van der Waals surface area contributed by atoms with Crippen LogP contribution in [0.3, 0.4) is 0 Å². The number of carboxylic acids is 1. The van der Waals surface area contributed by atoms with E-state index in [9.17, 15) is 9.90 Å². The van der Waals surface area contributed by atoms with Crippen molar-refractivity contribution >= 4 is 16.9 Å². The number of pyridine rings is 1. The molecule has 0 aliphatic carbocycles. The number of hydrogen-bond acceptors (Lipinski definition) is 4. The second-order valence-electron chi connectivity index (χ2n) is 5.45. The van der Waals surface area contributed by atoms with Gasteiger partial charge in [-0.1, -0.05) is 12.1 Å². The summed E-state index contributed by atoms with van der Waals surface area (Å²) in [7, 11) is 2.10. The Bertz CT molecular complexity index is 664. The number of para-hydroxylation sites is 1. The van der Waals surface area contributed by atoms with E-state index < -0.39 is 5.97 Å². The van der Waals surface area contributed by atoms with Crippen molar-refractivity contribution in [3.05, 3.63) is 36.0 Å². The van der Waals surface area contributed by atoms with Gasteiger partial charge in [-0.05, 0) is 32.0 Å². The summed E-state index contributed by atoms with van der Waals surface area (Å²) >= 11 is 0. The van der Waals surface area contributed by atoms with E-state index in [1.54, 1.807) is 0 Å². The lowest BCUT2D eigenvalue weighted by molar-refractivity contribution is 0.0689. The first-order valence-corrected chi connectivity index (χ1v) is 7.12. The van der Waals surface area contributed by atoms with Crippen LogP contribution in [0.5, 0.6) is 5.75 Å². The van der Waals surface area contributed by atoms with Crippen LogP contribution in [-0.2, 0) is 0 Å². The first-order chi connectivity index (χ1) is 10.1. The van der Waals surface area contributed by atoms with Crippen LogP contribution in [0.25, 0.3) is 10.9 Å². The number of carbonyl (C=O) groups is 1. The summed E-state index contributed by atoms with van der Waals surface area (Å²) in [6.45, 7) is 2.00. The van der Waals surface area contributed by atoms with E-state index >= 15 is 0 Å². The van der Waals surface area contributed by atoms with Crippen LogP contribution in [0.2, 0.25) is 0 Å². The number of carboxylic acid groups (broad SMARTS) is 1.